The summed E-state index contributed by atoms with van der Waals surface area (Å²) in [6.45, 7) is 4.54. The van der Waals surface area contributed by atoms with Gasteiger partial charge < -0.3 is 20.7 Å². The summed E-state index contributed by atoms with van der Waals surface area (Å²) >= 11 is 0. The molecule has 2 unspecified atom stereocenters. The van der Waals surface area contributed by atoms with Gasteiger partial charge >= 0.3 is 0 Å². The molecule has 2 rings (SSSR count). The normalized spacial score (nSPS) is 29.4. The van der Waals surface area contributed by atoms with Gasteiger partial charge in [0.05, 0.1) is 6.10 Å². The number of amides is 1. The quantitative estimate of drug-likeness (QED) is 0.731. The van der Waals surface area contributed by atoms with Crippen molar-refractivity contribution >= 4 is 5.91 Å². The van der Waals surface area contributed by atoms with Crippen LogP contribution in [0.5, 0.6) is 0 Å². The molecule has 0 bridgehead atoms. The van der Waals surface area contributed by atoms with Crippen molar-refractivity contribution in [3.05, 3.63) is 0 Å². The largest absolute Gasteiger partial charge is 0.364 e. The fourth-order valence-corrected chi connectivity index (χ4v) is 2.71. The molecule has 0 aromatic rings. The van der Waals surface area contributed by atoms with Gasteiger partial charge in [-0.25, -0.2) is 0 Å². The molecule has 5 heteroatoms. The zero-order valence-corrected chi connectivity index (χ0v) is 11.1. The zero-order valence-electron chi connectivity index (χ0n) is 11.1. The summed E-state index contributed by atoms with van der Waals surface area (Å²) in [4.78, 5) is 14.3. The Labute approximate surface area is 109 Å². The number of ether oxygens (including phenoxy) is 1. The van der Waals surface area contributed by atoms with E-state index in [4.69, 9.17) is 10.5 Å². The van der Waals surface area contributed by atoms with Gasteiger partial charge in [0.1, 0.15) is 6.10 Å². The van der Waals surface area contributed by atoms with Crippen molar-refractivity contribution in [2.75, 3.05) is 32.7 Å². The maximum absolute atomic E-state index is 11.9. The van der Waals surface area contributed by atoms with E-state index in [0.29, 0.717) is 6.54 Å². The molecular weight excluding hydrogens is 230 g/mol. The Bertz CT molecular complexity index is 267. The lowest BCUT2D eigenvalue weighted by Gasteiger charge is -2.26. The molecule has 104 valence electrons. The molecule has 2 aliphatic rings. The second-order valence-electron chi connectivity index (χ2n) is 5.25. The number of piperidine rings is 1. The number of nitrogens with one attached hydrogen (secondary N) is 1. The van der Waals surface area contributed by atoms with Gasteiger partial charge in [0.25, 0.3) is 0 Å². The molecule has 2 heterocycles. The summed E-state index contributed by atoms with van der Waals surface area (Å²) in [5.41, 5.74) is 5.53. The number of nitrogens with two attached hydrogens (primary N) is 1. The van der Waals surface area contributed by atoms with Crippen LogP contribution in [0.4, 0.5) is 0 Å². The summed E-state index contributed by atoms with van der Waals surface area (Å²) < 4.78 is 5.56. The van der Waals surface area contributed by atoms with Gasteiger partial charge in [0.2, 0.25) is 5.91 Å². The summed E-state index contributed by atoms with van der Waals surface area (Å²) in [5, 5.41) is 2.97. The van der Waals surface area contributed by atoms with Crippen molar-refractivity contribution in [3.63, 3.8) is 0 Å². The standard InChI is InChI=1S/C13H25N3O2/c14-10-11-4-5-12(18-11)13(17)15-6-9-16-7-2-1-3-8-16/h11-12H,1-10,14H2,(H,15,17). The van der Waals surface area contributed by atoms with E-state index < -0.39 is 0 Å². The molecule has 2 aliphatic heterocycles. The highest BCUT2D eigenvalue weighted by Crippen LogP contribution is 2.18. The zero-order chi connectivity index (χ0) is 12.8. The van der Waals surface area contributed by atoms with Crippen molar-refractivity contribution in [3.8, 4) is 0 Å². The number of rotatable bonds is 5. The van der Waals surface area contributed by atoms with Gasteiger partial charge in [-0.3, -0.25) is 4.79 Å². The summed E-state index contributed by atoms with van der Waals surface area (Å²) in [5.74, 6) is 0.0305. The van der Waals surface area contributed by atoms with Crippen molar-refractivity contribution in [2.24, 2.45) is 5.73 Å². The monoisotopic (exact) mass is 255 g/mol. The molecular formula is C13H25N3O2. The molecule has 0 saturated carbocycles. The highest BCUT2D eigenvalue weighted by atomic mass is 16.5. The molecule has 3 N–H and O–H groups in total. The molecule has 0 spiro atoms. The minimum atomic E-state index is -0.278. The van der Waals surface area contributed by atoms with Gasteiger partial charge in [0.15, 0.2) is 0 Å². The van der Waals surface area contributed by atoms with Crippen LogP contribution in [0.1, 0.15) is 32.1 Å². The third-order valence-corrected chi connectivity index (χ3v) is 3.84. The first-order valence-corrected chi connectivity index (χ1v) is 7.15. The van der Waals surface area contributed by atoms with Crippen molar-refractivity contribution in [1.82, 2.24) is 10.2 Å². The number of hydrogen-bond donors (Lipinski definition) is 2. The van der Waals surface area contributed by atoms with Crippen LogP contribution in [0, 0.1) is 0 Å². The highest BCUT2D eigenvalue weighted by Gasteiger charge is 2.29. The minimum absolute atomic E-state index is 0.0305. The minimum Gasteiger partial charge on any atom is -0.364 e. The molecule has 2 atom stereocenters. The van der Waals surface area contributed by atoms with E-state index in [9.17, 15) is 4.79 Å². The molecule has 5 nitrogen and oxygen atoms in total. The Morgan fingerprint density at radius 2 is 2.06 bits per heavy atom. The van der Waals surface area contributed by atoms with E-state index >= 15 is 0 Å². The lowest BCUT2D eigenvalue weighted by molar-refractivity contribution is -0.131. The first kappa shape index (κ1) is 13.8. The average Bonchev–Trinajstić information content (AvgIpc) is 2.89. The van der Waals surface area contributed by atoms with Crippen LogP contribution in [0.15, 0.2) is 0 Å². The van der Waals surface area contributed by atoms with E-state index in [0.717, 1.165) is 25.9 Å². The molecule has 2 fully saturated rings. The van der Waals surface area contributed by atoms with Crippen LogP contribution in [-0.4, -0.2) is 55.7 Å². The van der Waals surface area contributed by atoms with Gasteiger partial charge in [0, 0.05) is 19.6 Å². The van der Waals surface area contributed by atoms with Crippen molar-refractivity contribution < 1.29 is 9.53 Å². The molecule has 18 heavy (non-hydrogen) atoms. The Balaban J connectivity index is 1.60. The number of hydrogen-bond acceptors (Lipinski definition) is 4. The molecule has 0 radical (unpaired) electrons. The first-order valence-electron chi connectivity index (χ1n) is 7.15. The fourth-order valence-electron chi connectivity index (χ4n) is 2.71. The van der Waals surface area contributed by atoms with Crippen LogP contribution in [0.2, 0.25) is 0 Å². The SMILES string of the molecule is NCC1CCC(C(=O)NCCN2CCCCC2)O1. The summed E-state index contributed by atoms with van der Waals surface area (Å²) in [6, 6.07) is 0. The Morgan fingerprint density at radius 3 is 2.72 bits per heavy atom. The Kier molecular flexibility index (Phi) is 5.41. The van der Waals surface area contributed by atoms with Crippen molar-refractivity contribution in [1.29, 1.82) is 0 Å². The third kappa shape index (κ3) is 3.93. The van der Waals surface area contributed by atoms with Gasteiger partial charge in [-0.2, -0.15) is 0 Å². The lowest BCUT2D eigenvalue weighted by atomic mass is 10.1. The number of likely N-dealkylation sites (tertiary alicyclic amines) is 1. The second-order valence-corrected chi connectivity index (χ2v) is 5.25. The first-order chi connectivity index (χ1) is 8.79. The predicted molar refractivity (Wildman–Crippen MR) is 70.3 cm³/mol. The van der Waals surface area contributed by atoms with Crippen LogP contribution < -0.4 is 11.1 Å². The van der Waals surface area contributed by atoms with Crippen LogP contribution in [-0.2, 0) is 9.53 Å². The van der Waals surface area contributed by atoms with Gasteiger partial charge in [-0.05, 0) is 38.8 Å². The molecule has 0 aromatic heterocycles. The number of carbonyl (C=O) groups excluding carboxylic acids is 1. The predicted octanol–water partition coefficient (Wildman–Crippen LogP) is 0.0948. The summed E-state index contributed by atoms with van der Waals surface area (Å²) in [6.07, 6.45) is 5.43. The number of nitrogens with zero attached hydrogens (tertiary/aromatic N) is 1. The molecule has 1 amide bonds. The maximum Gasteiger partial charge on any atom is 0.249 e. The van der Waals surface area contributed by atoms with Crippen LogP contribution in [0.3, 0.4) is 0 Å². The Hall–Kier alpha value is -0.650. The third-order valence-electron chi connectivity index (χ3n) is 3.84. The Morgan fingerprint density at radius 1 is 1.28 bits per heavy atom. The van der Waals surface area contributed by atoms with E-state index in [-0.39, 0.29) is 18.1 Å². The van der Waals surface area contributed by atoms with Crippen LogP contribution in [0.25, 0.3) is 0 Å². The van der Waals surface area contributed by atoms with E-state index in [1.165, 1.54) is 32.4 Å². The van der Waals surface area contributed by atoms with Crippen LogP contribution >= 0.6 is 0 Å². The molecule has 0 aromatic carbocycles. The van der Waals surface area contributed by atoms with E-state index in [1.807, 2.05) is 0 Å². The molecule has 2 saturated heterocycles. The van der Waals surface area contributed by atoms with Gasteiger partial charge in [-0.1, -0.05) is 6.42 Å². The van der Waals surface area contributed by atoms with Gasteiger partial charge in [-0.15, -0.1) is 0 Å². The van der Waals surface area contributed by atoms with Crippen molar-refractivity contribution in [2.45, 2.75) is 44.3 Å². The average molecular weight is 255 g/mol. The second kappa shape index (κ2) is 7.07. The highest BCUT2D eigenvalue weighted by molar-refractivity contribution is 5.81. The molecule has 0 aliphatic carbocycles. The topological polar surface area (TPSA) is 67.6 Å². The van der Waals surface area contributed by atoms with E-state index in [2.05, 4.69) is 10.2 Å². The smallest absolute Gasteiger partial charge is 0.249 e. The summed E-state index contributed by atoms with van der Waals surface area (Å²) in [7, 11) is 0. The fraction of sp³-hybridized carbons (Fsp3) is 0.923. The van der Waals surface area contributed by atoms with E-state index in [1.54, 1.807) is 0 Å². The number of carbonyl (C=O) groups is 1. The lowest BCUT2D eigenvalue weighted by Crippen LogP contribution is -2.41. The maximum atomic E-state index is 11.9.